The highest BCUT2D eigenvalue weighted by atomic mass is 35.5. The van der Waals surface area contributed by atoms with E-state index in [1.807, 2.05) is 0 Å². The average Bonchev–Trinajstić information content (AvgIpc) is 2.72. The quantitative estimate of drug-likeness (QED) is 0.454. The molecule has 33 heavy (non-hydrogen) atoms. The number of anilines is 1. The fourth-order valence-corrected chi connectivity index (χ4v) is 5.22. The molecule has 2 unspecified atom stereocenters. The fraction of sp³-hybridized carbons (Fsp3) is 0.375. The van der Waals surface area contributed by atoms with Crippen molar-refractivity contribution in [2.24, 2.45) is 0 Å². The van der Waals surface area contributed by atoms with Crippen molar-refractivity contribution in [3.05, 3.63) is 68.6 Å². The predicted molar refractivity (Wildman–Crippen MR) is 122 cm³/mol. The van der Waals surface area contributed by atoms with Crippen molar-refractivity contribution in [1.82, 2.24) is 4.98 Å². The van der Waals surface area contributed by atoms with Gasteiger partial charge in [-0.15, -0.1) is 0 Å². The van der Waals surface area contributed by atoms with Gasteiger partial charge in [0.25, 0.3) is 5.56 Å². The highest BCUT2D eigenvalue weighted by molar-refractivity contribution is 6.33. The van der Waals surface area contributed by atoms with E-state index in [-0.39, 0.29) is 11.1 Å². The van der Waals surface area contributed by atoms with Gasteiger partial charge in [-0.05, 0) is 48.1 Å². The van der Waals surface area contributed by atoms with Gasteiger partial charge in [0.15, 0.2) is 5.60 Å². The van der Waals surface area contributed by atoms with Crippen molar-refractivity contribution in [3.8, 4) is 5.75 Å². The summed E-state index contributed by atoms with van der Waals surface area (Å²) in [7, 11) is 1.42. The summed E-state index contributed by atoms with van der Waals surface area (Å²) < 4.78 is 48.9. The van der Waals surface area contributed by atoms with Crippen LogP contribution in [0, 0.1) is 6.92 Å². The number of aromatic nitrogens is 1. The third-order valence-electron chi connectivity index (χ3n) is 6.42. The number of aryl methyl sites for hydroxylation is 1. The number of benzene rings is 2. The molecule has 0 amide bonds. The molecule has 4 rings (SSSR count). The Kier molecular flexibility index (Phi) is 5.45. The maximum absolute atomic E-state index is 14.5. The molecule has 0 bridgehead atoms. The molecule has 3 aromatic rings. The highest BCUT2D eigenvalue weighted by Crippen LogP contribution is 2.57. The summed E-state index contributed by atoms with van der Waals surface area (Å²) in [6.45, 7) is 4.93. The first kappa shape index (κ1) is 23.4. The Balaban J connectivity index is 2.02. The summed E-state index contributed by atoms with van der Waals surface area (Å²) >= 11 is 6.45. The number of aromatic amines is 1. The SMILES string of the molecule is COc1c(Cl)c(C)cc2c1C(C)(C)CC(O)(C(F)(F)F)C2Nc1cccc2c(=O)[nH]ccc12. The van der Waals surface area contributed by atoms with Crippen LogP contribution in [0.15, 0.2) is 41.3 Å². The van der Waals surface area contributed by atoms with E-state index in [9.17, 15) is 23.1 Å². The van der Waals surface area contributed by atoms with Crippen LogP contribution in [0.3, 0.4) is 0 Å². The monoisotopic (exact) mass is 480 g/mol. The molecule has 1 heterocycles. The first-order chi connectivity index (χ1) is 15.3. The van der Waals surface area contributed by atoms with Gasteiger partial charge < -0.3 is 20.1 Å². The van der Waals surface area contributed by atoms with Gasteiger partial charge in [-0.25, -0.2) is 0 Å². The molecule has 1 aromatic heterocycles. The molecule has 2 atom stereocenters. The lowest BCUT2D eigenvalue weighted by Crippen LogP contribution is -2.58. The van der Waals surface area contributed by atoms with Gasteiger partial charge in [-0.2, -0.15) is 13.2 Å². The van der Waals surface area contributed by atoms with Crippen molar-refractivity contribution < 1.29 is 23.0 Å². The lowest BCUT2D eigenvalue weighted by atomic mass is 9.63. The molecule has 2 aromatic carbocycles. The van der Waals surface area contributed by atoms with Crippen molar-refractivity contribution in [1.29, 1.82) is 0 Å². The number of halogens is 4. The Labute approximate surface area is 193 Å². The summed E-state index contributed by atoms with van der Waals surface area (Å²) in [5.41, 5.74) is -3.00. The van der Waals surface area contributed by atoms with E-state index >= 15 is 0 Å². The van der Waals surface area contributed by atoms with Crippen LogP contribution in [0.2, 0.25) is 5.02 Å². The number of hydrogen-bond acceptors (Lipinski definition) is 4. The third kappa shape index (κ3) is 3.56. The summed E-state index contributed by atoms with van der Waals surface area (Å²) in [4.78, 5) is 14.8. The van der Waals surface area contributed by atoms with Crippen molar-refractivity contribution in [2.75, 3.05) is 12.4 Å². The van der Waals surface area contributed by atoms with Gasteiger partial charge >= 0.3 is 6.18 Å². The van der Waals surface area contributed by atoms with Crippen molar-refractivity contribution >= 4 is 28.1 Å². The highest BCUT2D eigenvalue weighted by Gasteiger charge is 2.64. The number of nitrogens with one attached hydrogen (secondary N) is 2. The normalized spacial score (nSPS) is 22.2. The summed E-state index contributed by atoms with van der Waals surface area (Å²) in [6.07, 6.45) is -4.13. The Morgan fingerprint density at radius 3 is 2.58 bits per heavy atom. The number of H-pyrrole nitrogens is 1. The summed E-state index contributed by atoms with van der Waals surface area (Å²) in [5, 5.41) is 15.2. The van der Waals surface area contributed by atoms with Crippen LogP contribution in [0.5, 0.6) is 5.75 Å². The molecule has 0 spiro atoms. The van der Waals surface area contributed by atoms with Crippen molar-refractivity contribution in [2.45, 2.75) is 50.4 Å². The number of fused-ring (bicyclic) bond motifs is 2. The fourth-order valence-electron chi connectivity index (χ4n) is 4.99. The molecule has 0 fully saturated rings. The smallest absolute Gasteiger partial charge is 0.419 e. The van der Waals surface area contributed by atoms with E-state index in [2.05, 4.69) is 10.3 Å². The minimum Gasteiger partial charge on any atom is -0.495 e. The molecular weight excluding hydrogens is 457 g/mol. The van der Waals surface area contributed by atoms with Gasteiger partial charge in [-0.3, -0.25) is 4.79 Å². The third-order valence-corrected chi connectivity index (χ3v) is 6.89. The molecule has 5 nitrogen and oxygen atoms in total. The van der Waals surface area contributed by atoms with Gasteiger partial charge in [-0.1, -0.05) is 37.6 Å². The molecule has 176 valence electrons. The number of aliphatic hydroxyl groups is 1. The lowest BCUT2D eigenvalue weighted by Gasteiger charge is -2.49. The molecular formula is C24H24ClF3N2O3. The van der Waals surface area contributed by atoms with E-state index in [0.29, 0.717) is 38.4 Å². The van der Waals surface area contributed by atoms with Gasteiger partial charge in [0.1, 0.15) is 5.75 Å². The van der Waals surface area contributed by atoms with Gasteiger partial charge in [0.05, 0.1) is 18.2 Å². The first-order valence-electron chi connectivity index (χ1n) is 10.4. The molecule has 9 heteroatoms. The molecule has 0 aliphatic heterocycles. The Hall–Kier alpha value is -2.71. The van der Waals surface area contributed by atoms with Crippen LogP contribution in [0.4, 0.5) is 18.9 Å². The minimum absolute atomic E-state index is 0.242. The van der Waals surface area contributed by atoms with Crippen LogP contribution in [-0.4, -0.2) is 29.0 Å². The minimum atomic E-state index is -4.94. The van der Waals surface area contributed by atoms with Crippen LogP contribution in [-0.2, 0) is 5.41 Å². The zero-order valence-electron chi connectivity index (χ0n) is 18.5. The lowest BCUT2D eigenvalue weighted by molar-refractivity contribution is -0.275. The molecule has 3 N–H and O–H groups in total. The number of pyridine rings is 1. The topological polar surface area (TPSA) is 74.3 Å². The second-order valence-corrected chi connectivity index (χ2v) is 9.52. The maximum atomic E-state index is 14.5. The number of alkyl halides is 3. The van der Waals surface area contributed by atoms with E-state index < -0.39 is 29.7 Å². The van der Waals surface area contributed by atoms with Crippen LogP contribution in [0.1, 0.15) is 43.0 Å². The Morgan fingerprint density at radius 2 is 1.94 bits per heavy atom. The number of ether oxygens (including phenoxy) is 1. The zero-order chi connectivity index (χ0) is 24.3. The standard InChI is InChI=1S/C24H24ClF3N2O3/c1-12-10-15-17(19(33-4)18(12)25)22(2,3)11-23(32,24(26,27)28)20(15)30-16-7-5-6-14-13(16)8-9-29-21(14)31/h5-10,20,30,32H,11H2,1-4H3,(H,29,31). The molecule has 1 aliphatic rings. The van der Waals surface area contributed by atoms with E-state index in [4.69, 9.17) is 16.3 Å². The second-order valence-electron chi connectivity index (χ2n) is 9.14. The molecule has 0 radical (unpaired) electrons. The predicted octanol–water partition coefficient (Wildman–Crippen LogP) is 5.63. The van der Waals surface area contributed by atoms with Crippen LogP contribution >= 0.6 is 11.6 Å². The van der Waals surface area contributed by atoms with E-state index in [0.717, 1.165) is 0 Å². The second kappa shape index (κ2) is 7.67. The zero-order valence-corrected chi connectivity index (χ0v) is 19.3. The Bertz CT molecular complexity index is 1300. The molecule has 1 aliphatic carbocycles. The van der Waals surface area contributed by atoms with Gasteiger partial charge in [0, 0.05) is 28.2 Å². The van der Waals surface area contributed by atoms with E-state index in [1.165, 1.54) is 13.3 Å². The Morgan fingerprint density at radius 1 is 1.24 bits per heavy atom. The van der Waals surface area contributed by atoms with Crippen LogP contribution in [0.25, 0.3) is 10.8 Å². The average molecular weight is 481 g/mol. The molecule has 0 saturated heterocycles. The summed E-state index contributed by atoms with van der Waals surface area (Å²) in [6, 6.07) is 6.34. The summed E-state index contributed by atoms with van der Waals surface area (Å²) in [5.74, 6) is 0.294. The first-order valence-corrected chi connectivity index (χ1v) is 10.7. The van der Waals surface area contributed by atoms with Crippen molar-refractivity contribution in [3.63, 3.8) is 0 Å². The maximum Gasteiger partial charge on any atom is 0.419 e. The van der Waals surface area contributed by atoms with Crippen LogP contribution < -0.4 is 15.6 Å². The number of methoxy groups -OCH3 is 1. The number of rotatable bonds is 3. The largest absolute Gasteiger partial charge is 0.495 e. The number of hydrogen-bond donors (Lipinski definition) is 3. The van der Waals surface area contributed by atoms with Gasteiger partial charge in [0.2, 0.25) is 0 Å². The molecule has 0 saturated carbocycles. The van der Waals surface area contributed by atoms with E-state index in [1.54, 1.807) is 51.1 Å².